The Morgan fingerprint density at radius 2 is 1.43 bits per heavy atom. The molecule has 0 spiro atoms. The summed E-state index contributed by atoms with van der Waals surface area (Å²) in [7, 11) is 0. The Morgan fingerprint density at radius 1 is 1.07 bits per heavy atom. The van der Waals surface area contributed by atoms with Crippen LogP contribution >= 0.6 is 0 Å². The summed E-state index contributed by atoms with van der Waals surface area (Å²) in [6, 6.07) is -1.06. The molecule has 0 aromatic carbocycles. The Bertz CT molecular complexity index is 157. The maximum absolute atomic E-state index is 9.99. The zero-order valence-corrected chi connectivity index (χ0v) is 5.28. The van der Waals surface area contributed by atoms with Crippen molar-refractivity contribution in [1.82, 2.24) is 0 Å². The van der Waals surface area contributed by atoms with Gasteiger partial charge in [0, 0.05) is 6.42 Å². The second-order valence-electron chi connectivity index (χ2n) is 1.88. The van der Waals surface area contributed by atoms with E-state index in [1.54, 1.807) is 0 Å². The van der Waals surface area contributed by atoms with Gasteiger partial charge in [0.05, 0.1) is 0 Å². The maximum atomic E-state index is 9.99. The van der Waals surface area contributed by atoms with Crippen LogP contribution in [0.25, 0.3) is 0 Å². The molecular formula is C5H13K4NO4. The summed E-state index contributed by atoms with van der Waals surface area (Å²) in [6.45, 7) is 0. The summed E-state index contributed by atoms with van der Waals surface area (Å²) in [5, 5.41) is 16.3. The van der Waals surface area contributed by atoms with Gasteiger partial charge in [0.15, 0.2) is 0 Å². The quantitative estimate of drug-likeness (QED) is 0.472. The van der Waals surface area contributed by atoms with E-state index in [0.717, 1.165) is 0 Å². The van der Waals surface area contributed by atoms with Crippen molar-refractivity contribution in [3.05, 3.63) is 0 Å². The van der Waals surface area contributed by atoms with E-state index in [-0.39, 0.29) is 218 Å². The van der Waals surface area contributed by atoms with Crippen molar-refractivity contribution < 1.29 is 19.8 Å². The Labute approximate surface area is 253 Å². The third kappa shape index (κ3) is 22.6. The zero-order chi connectivity index (χ0) is 8.15. The van der Waals surface area contributed by atoms with Gasteiger partial charge in [-0.1, -0.05) is 0 Å². The van der Waals surface area contributed by atoms with Gasteiger partial charge in [-0.25, -0.2) is 0 Å². The van der Waals surface area contributed by atoms with Gasteiger partial charge in [-0.15, -0.1) is 0 Å². The van der Waals surface area contributed by atoms with Crippen LogP contribution in [0.4, 0.5) is 0 Å². The number of rotatable bonds is 4. The molecule has 14 heavy (non-hydrogen) atoms. The fourth-order valence-corrected chi connectivity index (χ4v) is 0.402. The van der Waals surface area contributed by atoms with Crippen molar-refractivity contribution in [1.29, 1.82) is 0 Å². The van der Waals surface area contributed by atoms with E-state index in [2.05, 4.69) is 0 Å². The molecule has 0 radical (unpaired) electrons. The summed E-state index contributed by atoms with van der Waals surface area (Å²) >= 11 is 0. The average Bonchev–Trinajstić information content (AvgIpc) is 1.82. The summed E-state index contributed by atoms with van der Waals surface area (Å²) < 4.78 is 0. The van der Waals surface area contributed by atoms with Crippen molar-refractivity contribution >= 4 is 217 Å². The third-order valence-corrected chi connectivity index (χ3v) is 0.986. The second kappa shape index (κ2) is 20.8. The van der Waals surface area contributed by atoms with Crippen LogP contribution in [0, 0.1) is 0 Å². The summed E-state index contributed by atoms with van der Waals surface area (Å²) in [5.41, 5.74) is 5.00. The van der Waals surface area contributed by atoms with Crippen molar-refractivity contribution in [3.8, 4) is 0 Å². The molecule has 5 nitrogen and oxygen atoms in total. The number of carboxylic acid groups (broad SMARTS) is 2. The van der Waals surface area contributed by atoms with Crippen LogP contribution in [-0.4, -0.2) is 234 Å². The van der Waals surface area contributed by atoms with Gasteiger partial charge in [-0.05, 0) is 6.42 Å². The van der Waals surface area contributed by atoms with Crippen LogP contribution in [-0.2, 0) is 9.59 Å². The van der Waals surface area contributed by atoms with E-state index in [9.17, 15) is 9.59 Å². The van der Waals surface area contributed by atoms with Crippen LogP contribution in [0.3, 0.4) is 0 Å². The van der Waals surface area contributed by atoms with E-state index < -0.39 is 18.0 Å². The summed E-state index contributed by atoms with van der Waals surface area (Å²) in [4.78, 5) is 19.9. The third-order valence-electron chi connectivity index (χ3n) is 0.986. The first kappa shape index (κ1) is 31.7. The Balaban J connectivity index is -0.0000000675. The molecule has 0 aromatic heterocycles. The first-order chi connectivity index (χ1) is 4.54. The second-order valence-corrected chi connectivity index (χ2v) is 1.88. The van der Waals surface area contributed by atoms with Gasteiger partial charge < -0.3 is 15.9 Å². The van der Waals surface area contributed by atoms with E-state index >= 15 is 0 Å². The fraction of sp³-hybridized carbons (Fsp3) is 0.600. The SMILES string of the molecule is N[C@@H](CCC(=O)O)C(=O)O.[KH].[KH].[KH].[KH]. The van der Waals surface area contributed by atoms with Gasteiger partial charge in [0.2, 0.25) is 0 Å². The standard InChI is InChI=1S/C5H9NO4.4K.4H/c6-3(5(9)10)1-2-4(7)8;;;;;;;;/h3H,1-2,6H2,(H,7,8)(H,9,10);;;;;;;;/t3-;;;;;;;;/m0......../s1. The number of hydrogen-bond acceptors (Lipinski definition) is 3. The first-order valence-electron chi connectivity index (χ1n) is 2.74. The van der Waals surface area contributed by atoms with Crippen LogP contribution in [0.15, 0.2) is 0 Å². The van der Waals surface area contributed by atoms with E-state index in [1.807, 2.05) is 0 Å². The van der Waals surface area contributed by atoms with E-state index in [4.69, 9.17) is 15.9 Å². The number of hydrogen-bond donors (Lipinski definition) is 3. The molecule has 0 saturated heterocycles. The average molecular weight is 308 g/mol. The molecule has 0 bridgehead atoms. The summed E-state index contributed by atoms with van der Waals surface area (Å²) in [6.07, 6.45) is -0.224. The molecule has 0 saturated carbocycles. The van der Waals surface area contributed by atoms with Crippen LogP contribution in [0.1, 0.15) is 12.8 Å². The molecule has 9 heteroatoms. The Morgan fingerprint density at radius 3 is 1.64 bits per heavy atom. The van der Waals surface area contributed by atoms with Crippen molar-refractivity contribution in [2.75, 3.05) is 0 Å². The van der Waals surface area contributed by atoms with E-state index in [0.29, 0.717) is 0 Å². The first-order valence-corrected chi connectivity index (χ1v) is 2.74. The van der Waals surface area contributed by atoms with Crippen molar-refractivity contribution in [3.63, 3.8) is 0 Å². The predicted molar refractivity (Wildman–Crippen MR) is 61.1 cm³/mol. The molecule has 0 aliphatic carbocycles. The topological polar surface area (TPSA) is 101 Å². The van der Waals surface area contributed by atoms with Crippen LogP contribution in [0.5, 0.6) is 0 Å². The van der Waals surface area contributed by atoms with Crippen LogP contribution in [0.2, 0.25) is 0 Å². The minimum absolute atomic E-state index is 0. The molecule has 1 atom stereocenters. The Hall–Kier alpha value is 5.45. The van der Waals surface area contributed by atoms with Crippen molar-refractivity contribution in [2.24, 2.45) is 5.73 Å². The molecule has 0 aliphatic heterocycles. The van der Waals surface area contributed by atoms with E-state index in [1.165, 1.54) is 0 Å². The van der Waals surface area contributed by atoms with Crippen molar-refractivity contribution in [2.45, 2.75) is 18.9 Å². The molecule has 66 valence electrons. The molecular weight excluding hydrogens is 294 g/mol. The molecule has 0 aliphatic rings. The molecule has 0 rings (SSSR count). The zero-order valence-electron chi connectivity index (χ0n) is 5.28. The molecule has 4 N–H and O–H groups in total. The molecule has 0 heterocycles. The normalized spacial score (nSPS) is 8.93. The molecule has 0 fully saturated rings. The summed E-state index contributed by atoms with van der Waals surface area (Å²) in [5.74, 6) is -2.20. The van der Waals surface area contributed by atoms with Gasteiger partial charge in [-0.2, -0.15) is 0 Å². The minimum atomic E-state index is -1.17. The van der Waals surface area contributed by atoms with Gasteiger partial charge >= 0.3 is 217 Å². The molecule has 0 aromatic rings. The van der Waals surface area contributed by atoms with Gasteiger partial charge in [-0.3, -0.25) is 9.59 Å². The Kier molecular flexibility index (Phi) is 47.0. The molecule has 0 amide bonds. The molecule has 0 unspecified atom stereocenters. The number of carboxylic acids is 2. The number of nitrogens with two attached hydrogens (primary N) is 1. The van der Waals surface area contributed by atoms with Gasteiger partial charge in [0.25, 0.3) is 0 Å². The monoisotopic (exact) mass is 307 g/mol. The fourth-order valence-electron chi connectivity index (χ4n) is 0.402. The predicted octanol–water partition coefficient (Wildman–Crippen LogP) is -3.33. The van der Waals surface area contributed by atoms with Gasteiger partial charge in [0.1, 0.15) is 6.04 Å². The van der Waals surface area contributed by atoms with Crippen LogP contribution < -0.4 is 5.73 Å². The number of carbonyl (C=O) groups is 2. The number of aliphatic carboxylic acids is 2.